The van der Waals surface area contributed by atoms with Gasteiger partial charge in [0.05, 0.1) is 0 Å². The average molecular weight is 404 g/mol. The fourth-order valence-corrected chi connectivity index (χ4v) is 2.29. The van der Waals surface area contributed by atoms with E-state index in [9.17, 15) is 9.59 Å². The lowest BCUT2D eigenvalue weighted by Gasteiger charge is -2.14. The molecule has 0 radical (unpaired) electrons. The van der Waals surface area contributed by atoms with Crippen LogP contribution in [0.3, 0.4) is 0 Å². The van der Waals surface area contributed by atoms with E-state index in [1.165, 1.54) is 0 Å². The first kappa shape index (κ1) is 17.9. The zero-order chi connectivity index (χ0) is 15.7. The van der Waals surface area contributed by atoms with E-state index in [0.29, 0.717) is 32.2 Å². The molecule has 0 saturated carbocycles. The first-order chi connectivity index (χ1) is 10.0. The van der Waals surface area contributed by atoms with E-state index < -0.39 is 12.0 Å². The molecule has 0 aliphatic carbocycles. The van der Waals surface area contributed by atoms with Crippen molar-refractivity contribution >= 4 is 34.5 Å². The summed E-state index contributed by atoms with van der Waals surface area (Å²) in [5.74, 6) is -1.22. The summed E-state index contributed by atoms with van der Waals surface area (Å²) < 4.78 is 1.15. The molecular formula is C15H21IN2O3. The Morgan fingerprint density at radius 1 is 1.24 bits per heavy atom. The molecule has 1 rings (SSSR count). The summed E-state index contributed by atoms with van der Waals surface area (Å²) >= 11 is 2.22. The third-order valence-corrected chi connectivity index (χ3v) is 3.85. The van der Waals surface area contributed by atoms with Gasteiger partial charge in [-0.05, 0) is 72.5 Å². The number of nitrogens with two attached hydrogens (primary N) is 1. The third kappa shape index (κ3) is 7.42. The van der Waals surface area contributed by atoms with Crippen molar-refractivity contribution in [3.05, 3.63) is 33.4 Å². The minimum absolute atomic E-state index is 0.228. The smallest absolute Gasteiger partial charge is 0.326 e. The molecule has 0 heterocycles. The van der Waals surface area contributed by atoms with Gasteiger partial charge in [-0.25, -0.2) is 4.79 Å². The number of carboxylic acid groups (broad SMARTS) is 1. The fraction of sp³-hybridized carbons (Fsp3) is 0.467. The van der Waals surface area contributed by atoms with E-state index in [1.807, 2.05) is 24.3 Å². The van der Waals surface area contributed by atoms with Crippen molar-refractivity contribution in [2.75, 3.05) is 6.54 Å². The number of nitrogens with one attached hydrogen (secondary N) is 1. The maximum Gasteiger partial charge on any atom is 0.326 e. The fourth-order valence-electron chi connectivity index (χ4n) is 1.93. The number of rotatable bonds is 9. The molecule has 1 aromatic carbocycles. The second-order valence-corrected chi connectivity index (χ2v) is 6.11. The highest BCUT2D eigenvalue weighted by Gasteiger charge is 2.18. The van der Waals surface area contributed by atoms with Crippen molar-refractivity contribution in [1.82, 2.24) is 5.32 Å². The molecule has 1 atom stereocenters. The first-order valence-corrected chi connectivity index (χ1v) is 8.07. The second-order valence-electron chi connectivity index (χ2n) is 4.87. The minimum atomic E-state index is -0.991. The zero-order valence-electron chi connectivity index (χ0n) is 11.8. The van der Waals surface area contributed by atoms with Gasteiger partial charge in [-0.15, -0.1) is 0 Å². The van der Waals surface area contributed by atoms with E-state index >= 15 is 0 Å². The number of benzene rings is 1. The van der Waals surface area contributed by atoms with Gasteiger partial charge in [0.2, 0.25) is 5.91 Å². The molecule has 0 aliphatic heterocycles. The Morgan fingerprint density at radius 2 is 1.90 bits per heavy atom. The summed E-state index contributed by atoms with van der Waals surface area (Å²) in [4.78, 5) is 22.9. The molecule has 5 nitrogen and oxygen atoms in total. The molecular weight excluding hydrogens is 383 g/mol. The number of aliphatic carboxylic acids is 1. The number of carboxylic acids is 1. The van der Waals surface area contributed by atoms with Crippen molar-refractivity contribution in [3.8, 4) is 0 Å². The number of carbonyl (C=O) groups excluding carboxylic acids is 1. The number of hydrogen-bond donors (Lipinski definition) is 3. The van der Waals surface area contributed by atoms with E-state index in [2.05, 4.69) is 27.9 Å². The predicted molar refractivity (Wildman–Crippen MR) is 90.0 cm³/mol. The van der Waals surface area contributed by atoms with Gasteiger partial charge in [0.1, 0.15) is 6.04 Å². The third-order valence-electron chi connectivity index (χ3n) is 3.13. The zero-order valence-corrected chi connectivity index (χ0v) is 14.0. The lowest BCUT2D eigenvalue weighted by molar-refractivity contribution is -0.142. The van der Waals surface area contributed by atoms with Crippen LogP contribution in [-0.4, -0.2) is 29.6 Å². The molecule has 0 spiro atoms. The van der Waals surface area contributed by atoms with Crippen LogP contribution in [0.5, 0.6) is 0 Å². The molecule has 4 N–H and O–H groups in total. The van der Waals surface area contributed by atoms with Crippen LogP contribution in [0.1, 0.15) is 31.2 Å². The summed E-state index contributed by atoms with van der Waals surface area (Å²) in [7, 11) is 0. The number of unbranched alkanes of at least 4 members (excludes halogenated alkanes) is 1. The van der Waals surface area contributed by atoms with E-state index in [4.69, 9.17) is 10.8 Å². The van der Waals surface area contributed by atoms with Gasteiger partial charge in [0, 0.05) is 9.99 Å². The SMILES string of the molecule is NCCCC[C@H](NC(=O)CCc1ccc(I)cc1)C(=O)O. The van der Waals surface area contributed by atoms with Gasteiger partial charge >= 0.3 is 5.97 Å². The quantitative estimate of drug-likeness (QED) is 0.433. The molecule has 0 saturated heterocycles. The van der Waals surface area contributed by atoms with E-state index in [0.717, 1.165) is 15.6 Å². The van der Waals surface area contributed by atoms with Crippen molar-refractivity contribution < 1.29 is 14.7 Å². The van der Waals surface area contributed by atoms with Crippen molar-refractivity contribution in [1.29, 1.82) is 0 Å². The molecule has 1 amide bonds. The van der Waals surface area contributed by atoms with Gasteiger partial charge in [0.15, 0.2) is 0 Å². The van der Waals surface area contributed by atoms with Gasteiger partial charge in [-0.1, -0.05) is 12.1 Å². The second kappa shape index (κ2) is 9.73. The maximum absolute atomic E-state index is 11.8. The van der Waals surface area contributed by atoms with Crippen LogP contribution in [0.4, 0.5) is 0 Å². The van der Waals surface area contributed by atoms with Crippen LogP contribution >= 0.6 is 22.6 Å². The normalized spacial score (nSPS) is 11.9. The highest BCUT2D eigenvalue weighted by Crippen LogP contribution is 2.09. The summed E-state index contributed by atoms with van der Waals surface area (Å²) in [6.45, 7) is 0.535. The van der Waals surface area contributed by atoms with Crippen LogP contribution in [0.2, 0.25) is 0 Å². The molecule has 0 aromatic heterocycles. The number of aryl methyl sites for hydroxylation is 1. The largest absolute Gasteiger partial charge is 0.480 e. The predicted octanol–water partition coefficient (Wildman–Crippen LogP) is 1.92. The van der Waals surface area contributed by atoms with Crippen molar-refractivity contribution in [3.63, 3.8) is 0 Å². The molecule has 0 bridgehead atoms. The highest BCUT2D eigenvalue weighted by atomic mass is 127. The van der Waals surface area contributed by atoms with Gasteiger partial charge in [-0.3, -0.25) is 4.79 Å². The summed E-state index contributed by atoms with van der Waals surface area (Å²) in [6.07, 6.45) is 2.79. The lowest BCUT2D eigenvalue weighted by atomic mass is 10.1. The Labute approximate surface area is 138 Å². The molecule has 0 fully saturated rings. The number of amides is 1. The van der Waals surface area contributed by atoms with Crippen molar-refractivity contribution in [2.24, 2.45) is 5.73 Å². The topological polar surface area (TPSA) is 92.4 Å². The standard InChI is InChI=1S/C15H21IN2O3/c16-12-7-4-11(5-8-12)6-9-14(19)18-13(15(20)21)3-1-2-10-17/h4-5,7-8,13H,1-3,6,9-10,17H2,(H,18,19)(H,20,21)/t13-/m0/s1. The molecule has 0 aliphatic rings. The lowest BCUT2D eigenvalue weighted by Crippen LogP contribution is -2.40. The average Bonchev–Trinajstić information content (AvgIpc) is 2.45. The maximum atomic E-state index is 11.8. The Bertz CT molecular complexity index is 462. The van der Waals surface area contributed by atoms with Gasteiger partial charge in [-0.2, -0.15) is 0 Å². The van der Waals surface area contributed by atoms with E-state index in [1.54, 1.807) is 0 Å². The Morgan fingerprint density at radius 3 is 2.48 bits per heavy atom. The Balaban J connectivity index is 2.39. The van der Waals surface area contributed by atoms with Crippen LogP contribution in [0.15, 0.2) is 24.3 Å². The van der Waals surface area contributed by atoms with Crippen LogP contribution in [0, 0.1) is 3.57 Å². The van der Waals surface area contributed by atoms with E-state index in [-0.39, 0.29) is 5.91 Å². The minimum Gasteiger partial charge on any atom is -0.480 e. The molecule has 6 heteroatoms. The highest BCUT2D eigenvalue weighted by molar-refractivity contribution is 14.1. The monoisotopic (exact) mass is 404 g/mol. The van der Waals surface area contributed by atoms with Crippen LogP contribution < -0.4 is 11.1 Å². The molecule has 0 unspecified atom stereocenters. The number of hydrogen-bond acceptors (Lipinski definition) is 3. The van der Waals surface area contributed by atoms with Gasteiger partial charge < -0.3 is 16.2 Å². The summed E-state index contributed by atoms with van der Waals surface area (Å²) in [5.41, 5.74) is 6.45. The Hall–Kier alpha value is -1.15. The number of carbonyl (C=O) groups is 2. The van der Waals surface area contributed by atoms with Gasteiger partial charge in [0.25, 0.3) is 0 Å². The Kier molecular flexibility index (Phi) is 8.29. The van der Waals surface area contributed by atoms with Crippen LogP contribution in [0.25, 0.3) is 0 Å². The molecule has 1 aromatic rings. The summed E-state index contributed by atoms with van der Waals surface area (Å²) in [5, 5.41) is 11.7. The summed E-state index contributed by atoms with van der Waals surface area (Å²) in [6, 6.07) is 7.11. The first-order valence-electron chi connectivity index (χ1n) is 6.99. The van der Waals surface area contributed by atoms with Crippen LogP contribution in [-0.2, 0) is 16.0 Å². The molecule has 21 heavy (non-hydrogen) atoms. The molecule has 116 valence electrons. The van der Waals surface area contributed by atoms with Crippen molar-refractivity contribution in [2.45, 2.75) is 38.1 Å². The number of halogens is 1.